The van der Waals surface area contributed by atoms with E-state index in [0.29, 0.717) is 12.0 Å². The van der Waals surface area contributed by atoms with Gasteiger partial charge in [-0.15, -0.1) is 0 Å². The van der Waals surface area contributed by atoms with Crippen LogP contribution in [-0.4, -0.2) is 67.7 Å². The van der Waals surface area contributed by atoms with Gasteiger partial charge < -0.3 is 4.90 Å². The number of pyridine rings is 2. The molecule has 3 aromatic rings. The second-order valence-electron chi connectivity index (χ2n) is 9.19. The number of amides is 1. The van der Waals surface area contributed by atoms with Crippen molar-refractivity contribution in [3.05, 3.63) is 47.4 Å². The van der Waals surface area contributed by atoms with E-state index >= 15 is 0 Å². The van der Waals surface area contributed by atoms with Crippen LogP contribution < -0.4 is 0 Å². The van der Waals surface area contributed by atoms with Gasteiger partial charge >= 0.3 is 0 Å². The van der Waals surface area contributed by atoms with E-state index in [1.807, 2.05) is 36.1 Å². The molecule has 1 atom stereocenters. The molecule has 1 amide bonds. The summed E-state index contributed by atoms with van der Waals surface area (Å²) in [7, 11) is 0. The van der Waals surface area contributed by atoms with Crippen molar-refractivity contribution in [1.82, 2.24) is 29.5 Å². The summed E-state index contributed by atoms with van der Waals surface area (Å²) in [6, 6.07) is 8.32. The summed E-state index contributed by atoms with van der Waals surface area (Å²) >= 11 is 0. The van der Waals surface area contributed by atoms with Gasteiger partial charge in [0.15, 0.2) is 11.5 Å². The van der Waals surface area contributed by atoms with E-state index in [1.165, 1.54) is 25.9 Å². The SMILES string of the molecule is Cc1nn(-c2ccccn2)c2nc(C3CC3)cc(C(=O)N3CCC(N4CCCC4)C3)c12. The van der Waals surface area contributed by atoms with E-state index < -0.39 is 0 Å². The van der Waals surface area contributed by atoms with Gasteiger partial charge in [-0.25, -0.2) is 9.97 Å². The zero-order valence-electron chi connectivity index (χ0n) is 18.0. The minimum atomic E-state index is 0.125. The molecule has 0 radical (unpaired) electrons. The highest BCUT2D eigenvalue weighted by Gasteiger charge is 2.34. The van der Waals surface area contributed by atoms with Crippen molar-refractivity contribution in [2.24, 2.45) is 0 Å². The smallest absolute Gasteiger partial charge is 0.254 e. The first kappa shape index (κ1) is 18.9. The Kier molecular flexibility index (Phi) is 4.52. The highest BCUT2D eigenvalue weighted by molar-refractivity contribution is 6.07. The molecular weight excluding hydrogens is 388 g/mol. The molecule has 3 aromatic heterocycles. The number of aromatic nitrogens is 4. The van der Waals surface area contributed by atoms with Crippen LogP contribution in [0, 0.1) is 6.92 Å². The first-order valence-electron chi connectivity index (χ1n) is 11.5. The van der Waals surface area contributed by atoms with Crippen LogP contribution in [0.15, 0.2) is 30.5 Å². The van der Waals surface area contributed by atoms with Crippen LogP contribution in [0.4, 0.5) is 0 Å². The lowest BCUT2D eigenvalue weighted by Gasteiger charge is -2.24. The standard InChI is InChI=1S/C24H28N6O/c1-16-22-19(24(31)29-13-9-18(15-29)28-11-4-5-12-28)14-20(17-7-8-17)26-23(22)30(27-16)21-6-2-3-10-25-21/h2-3,6,10,14,17-18H,4-5,7-9,11-13,15H2,1H3. The number of likely N-dealkylation sites (tertiary alicyclic amines) is 2. The normalized spacial score (nSPS) is 22.0. The Morgan fingerprint density at radius 2 is 1.94 bits per heavy atom. The van der Waals surface area contributed by atoms with Gasteiger partial charge in [-0.1, -0.05) is 6.07 Å². The van der Waals surface area contributed by atoms with Crippen molar-refractivity contribution in [3.8, 4) is 5.82 Å². The fraction of sp³-hybridized carbons (Fsp3) is 0.500. The monoisotopic (exact) mass is 416 g/mol. The molecule has 7 nitrogen and oxygen atoms in total. The van der Waals surface area contributed by atoms with E-state index in [0.717, 1.165) is 66.2 Å². The van der Waals surface area contributed by atoms with Crippen molar-refractivity contribution >= 4 is 16.9 Å². The third kappa shape index (κ3) is 3.31. The van der Waals surface area contributed by atoms with Crippen LogP contribution in [0.3, 0.4) is 0 Å². The van der Waals surface area contributed by atoms with Gasteiger partial charge in [-0.3, -0.25) is 9.69 Å². The summed E-state index contributed by atoms with van der Waals surface area (Å²) in [6.45, 7) is 5.97. The fourth-order valence-corrected chi connectivity index (χ4v) is 5.21. The first-order chi connectivity index (χ1) is 15.2. The molecule has 2 aliphatic heterocycles. The maximum Gasteiger partial charge on any atom is 0.254 e. The highest BCUT2D eigenvalue weighted by Crippen LogP contribution is 2.41. The Balaban J connectivity index is 1.41. The molecule has 1 aliphatic carbocycles. The summed E-state index contributed by atoms with van der Waals surface area (Å²) in [6.07, 6.45) is 7.69. The second kappa shape index (κ2) is 7.41. The molecule has 160 valence electrons. The third-order valence-corrected chi connectivity index (χ3v) is 7.03. The molecule has 1 saturated carbocycles. The van der Waals surface area contributed by atoms with E-state index in [-0.39, 0.29) is 5.91 Å². The molecule has 3 fully saturated rings. The van der Waals surface area contributed by atoms with Gasteiger partial charge in [-0.05, 0) is 70.3 Å². The molecule has 0 spiro atoms. The zero-order chi connectivity index (χ0) is 20.9. The molecule has 0 aromatic carbocycles. The predicted molar refractivity (Wildman–Crippen MR) is 118 cm³/mol. The van der Waals surface area contributed by atoms with Crippen molar-refractivity contribution in [2.75, 3.05) is 26.2 Å². The molecule has 1 unspecified atom stereocenters. The van der Waals surface area contributed by atoms with Crippen molar-refractivity contribution < 1.29 is 4.79 Å². The predicted octanol–water partition coefficient (Wildman–Crippen LogP) is 3.31. The molecule has 2 saturated heterocycles. The number of rotatable bonds is 4. The Bertz CT molecular complexity index is 1130. The van der Waals surface area contributed by atoms with Crippen LogP contribution in [0.5, 0.6) is 0 Å². The Labute approximate surface area is 182 Å². The summed E-state index contributed by atoms with van der Waals surface area (Å²) < 4.78 is 1.80. The zero-order valence-corrected chi connectivity index (χ0v) is 18.0. The van der Waals surface area contributed by atoms with E-state index in [1.54, 1.807) is 10.9 Å². The number of aryl methyl sites for hydroxylation is 1. The van der Waals surface area contributed by atoms with Crippen LogP contribution in [0.25, 0.3) is 16.9 Å². The Morgan fingerprint density at radius 1 is 1.10 bits per heavy atom. The van der Waals surface area contributed by atoms with Crippen molar-refractivity contribution in [3.63, 3.8) is 0 Å². The molecule has 0 bridgehead atoms. The lowest BCUT2D eigenvalue weighted by molar-refractivity contribution is 0.0781. The van der Waals surface area contributed by atoms with E-state index in [9.17, 15) is 4.79 Å². The summed E-state index contributed by atoms with van der Waals surface area (Å²) in [5, 5.41) is 5.61. The lowest BCUT2D eigenvalue weighted by atomic mass is 10.1. The first-order valence-corrected chi connectivity index (χ1v) is 11.5. The molecule has 3 aliphatic rings. The van der Waals surface area contributed by atoms with Gasteiger partial charge in [0.2, 0.25) is 0 Å². The highest BCUT2D eigenvalue weighted by atomic mass is 16.2. The van der Waals surface area contributed by atoms with Crippen LogP contribution >= 0.6 is 0 Å². The van der Waals surface area contributed by atoms with Crippen LogP contribution in [-0.2, 0) is 0 Å². The summed E-state index contributed by atoms with van der Waals surface area (Å²) in [5.74, 6) is 1.31. The van der Waals surface area contributed by atoms with Crippen molar-refractivity contribution in [2.45, 2.75) is 51.0 Å². The minimum absolute atomic E-state index is 0.125. The number of carbonyl (C=O) groups excluding carboxylic acids is 1. The fourth-order valence-electron chi connectivity index (χ4n) is 5.21. The summed E-state index contributed by atoms with van der Waals surface area (Å²) in [5.41, 5.74) is 3.35. The lowest BCUT2D eigenvalue weighted by Crippen LogP contribution is -2.37. The maximum absolute atomic E-state index is 13.7. The molecule has 0 N–H and O–H groups in total. The van der Waals surface area contributed by atoms with Gasteiger partial charge in [-0.2, -0.15) is 9.78 Å². The summed E-state index contributed by atoms with van der Waals surface area (Å²) in [4.78, 5) is 27.8. The minimum Gasteiger partial charge on any atom is -0.337 e. The molecule has 5 heterocycles. The second-order valence-corrected chi connectivity index (χ2v) is 9.19. The third-order valence-electron chi connectivity index (χ3n) is 7.03. The average Bonchev–Trinajstić information content (AvgIpc) is 3.17. The average molecular weight is 417 g/mol. The van der Waals surface area contributed by atoms with Gasteiger partial charge in [0.05, 0.1) is 16.6 Å². The van der Waals surface area contributed by atoms with Crippen molar-refractivity contribution in [1.29, 1.82) is 0 Å². The maximum atomic E-state index is 13.7. The molecule has 6 rings (SSSR count). The topological polar surface area (TPSA) is 67.2 Å². The van der Waals surface area contributed by atoms with E-state index in [4.69, 9.17) is 10.1 Å². The number of hydrogen-bond acceptors (Lipinski definition) is 5. The number of fused-ring (bicyclic) bond motifs is 1. The molecule has 7 heteroatoms. The van der Waals surface area contributed by atoms with E-state index in [2.05, 4.69) is 9.88 Å². The van der Waals surface area contributed by atoms with Gasteiger partial charge in [0.25, 0.3) is 5.91 Å². The van der Waals surface area contributed by atoms with Gasteiger partial charge in [0, 0.05) is 36.9 Å². The Hall–Kier alpha value is -2.80. The number of hydrogen-bond donors (Lipinski definition) is 0. The molecular formula is C24H28N6O. The quantitative estimate of drug-likeness (QED) is 0.653. The van der Waals surface area contributed by atoms with Crippen LogP contribution in [0.2, 0.25) is 0 Å². The van der Waals surface area contributed by atoms with Gasteiger partial charge in [0.1, 0.15) is 0 Å². The largest absolute Gasteiger partial charge is 0.337 e. The number of nitrogens with zero attached hydrogens (tertiary/aromatic N) is 6. The molecule has 31 heavy (non-hydrogen) atoms. The number of carbonyl (C=O) groups is 1. The Morgan fingerprint density at radius 3 is 2.68 bits per heavy atom. The van der Waals surface area contributed by atoms with Crippen LogP contribution in [0.1, 0.15) is 59.8 Å².